The molecule has 1 aromatic rings. The molecule has 1 aliphatic heterocycles. The van der Waals surface area contributed by atoms with Gasteiger partial charge in [0.2, 0.25) is 0 Å². The number of nitrogens with one attached hydrogen (secondary N) is 1. The van der Waals surface area contributed by atoms with Crippen LogP contribution in [0.2, 0.25) is 0 Å². The Morgan fingerprint density at radius 3 is 2.61 bits per heavy atom. The van der Waals surface area contributed by atoms with Crippen molar-refractivity contribution in [2.75, 3.05) is 11.5 Å². The summed E-state index contributed by atoms with van der Waals surface area (Å²) in [6.45, 7) is 0.600. The van der Waals surface area contributed by atoms with Gasteiger partial charge < -0.3 is 10.4 Å². The summed E-state index contributed by atoms with van der Waals surface area (Å²) in [6, 6.07) is 3.60. The zero-order valence-corrected chi connectivity index (χ0v) is 11.4. The van der Waals surface area contributed by atoms with Gasteiger partial charge in [0.15, 0.2) is 0 Å². The lowest BCUT2D eigenvalue weighted by atomic mass is 10.1. The highest BCUT2D eigenvalue weighted by Crippen LogP contribution is 2.18. The molecule has 0 radical (unpaired) electrons. The van der Waals surface area contributed by atoms with Crippen LogP contribution in [-0.2, 0) is 16.4 Å². The first kappa shape index (κ1) is 13.5. The number of carboxylic acid groups (broad SMARTS) is 1. The Morgan fingerprint density at radius 1 is 1.39 bits per heavy atom. The Balaban J connectivity index is 1.83. The van der Waals surface area contributed by atoms with Crippen LogP contribution in [0.4, 0.5) is 0 Å². The number of sulfone groups is 1. The largest absolute Gasteiger partial charge is 0.477 e. The molecule has 0 amide bonds. The maximum atomic E-state index is 11.3. The molecule has 18 heavy (non-hydrogen) atoms. The van der Waals surface area contributed by atoms with Crippen molar-refractivity contribution in [1.29, 1.82) is 0 Å². The number of hydrogen-bond donors (Lipinski definition) is 2. The number of thiophene rings is 1. The molecule has 5 nitrogen and oxygen atoms in total. The van der Waals surface area contributed by atoms with E-state index in [-0.39, 0.29) is 17.5 Å². The second-order valence-electron chi connectivity index (χ2n) is 4.38. The number of carbonyl (C=O) groups is 1. The number of hydrogen-bond acceptors (Lipinski definition) is 5. The van der Waals surface area contributed by atoms with Gasteiger partial charge in [0.1, 0.15) is 14.7 Å². The molecule has 2 rings (SSSR count). The van der Waals surface area contributed by atoms with E-state index in [0.29, 0.717) is 24.3 Å². The van der Waals surface area contributed by atoms with Gasteiger partial charge in [0.05, 0.1) is 11.5 Å². The van der Waals surface area contributed by atoms with Crippen molar-refractivity contribution in [2.45, 2.75) is 25.4 Å². The lowest BCUT2D eigenvalue weighted by Crippen LogP contribution is -2.36. The van der Waals surface area contributed by atoms with Gasteiger partial charge in [-0.25, -0.2) is 13.2 Å². The highest BCUT2D eigenvalue weighted by Gasteiger charge is 2.23. The first-order valence-electron chi connectivity index (χ1n) is 5.72. The minimum absolute atomic E-state index is 0.212. The van der Waals surface area contributed by atoms with E-state index >= 15 is 0 Å². The molecule has 1 fully saturated rings. The van der Waals surface area contributed by atoms with E-state index in [1.165, 1.54) is 11.3 Å². The van der Waals surface area contributed by atoms with Crippen molar-refractivity contribution in [3.05, 3.63) is 21.9 Å². The second-order valence-corrected chi connectivity index (χ2v) is 7.85. The molecule has 0 aliphatic carbocycles. The molecule has 0 saturated carbocycles. The SMILES string of the molecule is O=C(O)c1ccc(CNC2CCS(=O)(=O)CC2)s1. The molecule has 0 bridgehead atoms. The summed E-state index contributed by atoms with van der Waals surface area (Å²) in [5, 5.41) is 12.1. The highest BCUT2D eigenvalue weighted by molar-refractivity contribution is 7.91. The summed E-state index contributed by atoms with van der Waals surface area (Å²) in [5.74, 6) is -0.416. The smallest absolute Gasteiger partial charge is 0.345 e. The highest BCUT2D eigenvalue weighted by atomic mass is 32.2. The van der Waals surface area contributed by atoms with Crippen LogP contribution in [0.1, 0.15) is 27.4 Å². The molecule has 1 aliphatic rings. The van der Waals surface area contributed by atoms with Gasteiger partial charge in [-0.15, -0.1) is 11.3 Å². The lowest BCUT2D eigenvalue weighted by molar-refractivity contribution is 0.0702. The van der Waals surface area contributed by atoms with Gasteiger partial charge in [-0.3, -0.25) is 0 Å². The predicted molar refractivity (Wildman–Crippen MR) is 69.8 cm³/mol. The first-order chi connectivity index (χ1) is 8.46. The summed E-state index contributed by atoms with van der Waals surface area (Å²) < 4.78 is 22.5. The van der Waals surface area contributed by atoms with Crippen molar-refractivity contribution in [2.24, 2.45) is 0 Å². The quantitative estimate of drug-likeness (QED) is 0.867. The predicted octanol–water partition coefficient (Wildman–Crippen LogP) is 1.11. The van der Waals surface area contributed by atoms with Gasteiger partial charge in [0.25, 0.3) is 0 Å². The van der Waals surface area contributed by atoms with Crippen molar-refractivity contribution in [3.8, 4) is 0 Å². The number of rotatable bonds is 4. The standard InChI is InChI=1S/C11H15NO4S2/c13-11(14)10-2-1-9(17-10)7-12-8-3-5-18(15,16)6-4-8/h1-2,8,12H,3-7H2,(H,13,14). The monoisotopic (exact) mass is 289 g/mol. The molecular formula is C11H15NO4S2. The second kappa shape index (κ2) is 5.38. The molecule has 1 aromatic heterocycles. The average Bonchev–Trinajstić information content (AvgIpc) is 2.76. The fraction of sp³-hybridized carbons (Fsp3) is 0.545. The lowest BCUT2D eigenvalue weighted by Gasteiger charge is -2.22. The number of carboxylic acids is 1. The molecule has 100 valence electrons. The Bertz CT molecular complexity index is 521. The summed E-state index contributed by atoms with van der Waals surface area (Å²) in [6.07, 6.45) is 1.28. The molecule has 7 heteroatoms. The molecule has 2 N–H and O–H groups in total. The Morgan fingerprint density at radius 2 is 2.06 bits per heavy atom. The third kappa shape index (κ3) is 3.54. The van der Waals surface area contributed by atoms with Crippen LogP contribution in [-0.4, -0.2) is 37.0 Å². The minimum Gasteiger partial charge on any atom is -0.477 e. The van der Waals surface area contributed by atoms with Crippen molar-refractivity contribution >= 4 is 27.1 Å². The van der Waals surface area contributed by atoms with Gasteiger partial charge in [-0.1, -0.05) is 0 Å². The van der Waals surface area contributed by atoms with E-state index in [1.54, 1.807) is 12.1 Å². The average molecular weight is 289 g/mol. The van der Waals surface area contributed by atoms with Crippen LogP contribution in [0, 0.1) is 0 Å². The van der Waals surface area contributed by atoms with Crippen LogP contribution in [0.3, 0.4) is 0 Å². The van der Waals surface area contributed by atoms with Crippen LogP contribution in [0.25, 0.3) is 0 Å². The minimum atomic E-state index is -2.82. The molecular weight excluding hydrogens is 274 g/mol. The first-order valence-corrected chi connectivity index (χ1v) is 8.36. The maximum Gasteiger partial charge on any atom is 0.345 e. The van der Waals surface area contributed by atoms with Crippen LogP contribution in [0.15, 0.2) is 12.1 Å². The normalized spacial score (nSPS) is 19.8. The van der Waals surface area contributed by atoms with Crippen LogP contribution in [0.5, 0.6) is 0 Å². The van der Waals surface area contributed by atoms with E-state index < -0.39 is 15.8 Å². The van der Waals surface area contributed by atoms with Gasteiger partial charge in [0, 0.05) is 17.5 Å². The van der Waals surface area contributed by atoms with Crippen LogP contribution >= 0.6 is 11.3 Å². The fourth-order valence-electron chi connectivity index (χ4n) is 1.93. The molecule has 1 saturated heterocycles. The van der Waals surface area contributed by atoms with Crippen molar-refractivity contribution in [1.82, 2.24) is 5.32 Å². The summed E-state index contributed by atoms with van der Waals surface area (Å²) in [4.78, 5) is 12.0. The zero-order valence-electron chi connectivity index (χ0n) is 9.76. The Hall–Kier alpha value is -0.920. The van der Waals surface area contributed by atoms with E-state index in [4.69, 9.17) is 5.11 Å². The Kier molecular flexibility index (Phi) is 4.04. The van der Waals surface area contributed by atoms with E-state index in [0.717, 1.165) is 4.88 Å². The van der Waals surface area contributed by atoms with Crippen molar-refractivity contribution in [3.63, 3.8) is 0 Å². The molecule has 0 atom stereocenters. The Labute approximate surface area is 110 Å². The molecule has 0 spiro atoms. The topological polar surface area (TPSA) is 83.5 Å². The van der Waals surface area contributed by atoms with Gasteiger partial charge >= 0.3 is 5.97 Å². The van der Waals surface area contributed by atoms with E-state index in [2.05, 4.69) is 5.32 Å². The molecule has 2 heterocycles. The van der Waals surface area contributed by atoms with Gasteiger partial charge in [-0.05, 0) is 25.0 Å². The van der Waals surface area contributed by atoms with Gasteiger partial charge in [-0.2, -0.15) is 0 Å². The zero-order chi connectivity index (χ0) is 13.2. The van der Waals surface area contributed by atoms with Crippen molar-refractivity contribution < 1.29 is 18.3 Å². The number of aromatic carboxylic acids is 1. The summed E-state index contributed by atoms with van der Waals surface area (Å²) in [7, 11) is -2.82. The summed E-state index contributed by atoms with van der Waals surface area (Å²) in [5.41, 5.74) is 0. The summed E-state index contributed by atoms with van der Waals surface area (Å²) >= 11 is 1.25. The fourth-order valence-corrected chi connectivity index (χ4v) is 4.22. The third-order valence-electron chi connectivity index (χ3n) is 2.99. The van der Waals surface area contributed by atoms with E-state index in [1.807, 2.05) is 0 Å². The molecule has 0 unspecified atom stereocenters. The maximum absolute atomic E-state index is 11.3. The van der Waals surface area contributed by atoms with Crippen LogP contribution < -0.4 is 5.32 Å². The third-order valence-corrected chi connectivity index (χ3v) is 5.78. The van der Waals surface area contributed by atoms with E-state index in [9.17, 15) is 13.2 Å². The molecule has 0 aromatic carbocycles.